The summed E-state index contributed by atoms with van der Waals surface area (Å²) in [5, 5.41) is 19.8. The summed E-state index contributed by atoms with van der Waals surface area (Å²) in [4.78, 5) is 0. The number of halogens is 7. The first kappa shape index (κ1) is 28.3. The van der Waals surface area contributed by atoms with Gasteiger partial charge in [0.15, 0.2) is 6.29 Å². The molecule has 1 fully saturated rings. The van der Waals surface area contributed by atoms with Crippen LogP contribution in [0.2, 0.25) is 0 Å². The van der Waals surface area contributed by atoms with Crippen molar-refractivity contribution < 1.29 is 55.2 Å². The van der Waals surface area contributed by atoms with Gasteiger partial charge < -0.3 is 30.2 Å². The fourth-order valence-electron chi connectivity index (χ4n) is 3.67. The molecular weight excluding hydrogens is 503 g/mol. The smallest absolute Gasteiger partial charge is 0.394 e. The molecule has 6 atom stereocenters. The number of benzene rings is 2. The van der Waals surface area contributed by atoms with Gasteiger partial charge in [0.1, 0.15) is 24.1 Å². The number of hydrogen-bond acceptors (Lipinski definition) is 6. The SMILES string of the molecule is C[C@@H](O[C@H]1O[C@H](CO)[C@@H](O)[C@H](N)[C@H]1OCc1ccc(F)cc1)c1cc(C(F)(F)F)cc(C(F)(F)F)c1. The Hall–Kier alpha value is -2.29. The summed E-state index contributed by atoms with van der Waals surface area (Å²) in [6.45, 7) is 0.352. The van der Waals surface area contributed by atoms with Crippen molar-refractivity contribution >= 4 is 0 Å². The molecule has 0 saturated carbocycles. The molecule has 1 saturated heterocycles. The predicted octanol–water partition coefficient (Wildman–Crippen LogP) is 3.93. The normalized spacial score (nSPS) is 26.1. The van der Waals surface area contributed by atoms with E-state index in [0.29, 0.717) is 17.7 Å². The number of rotatable bonds is 7. The molecular formula is C23H24F7NO5. The summed E-state index contributed by atoms with van der Waals surface area (Å²) in [6, 6.07) is 5.01. The number of nitrogens with two attached hydrogens (primary N) is 1. The van der Waals surface area contributed by atoms with Crippen molar-refractivity contribution in [2.45, 2.75) is 62.6 Å². The highest BCUT2D eigenvalue weighted by Gasteiger charge is 2.45. The number of ether oxygens (including phenoxy) is 3. The fourth-order valence-corrected chi connectivity index (χ4v) is 3.67. The maximum absolute atomic E-state index is 13.2. The average Bonchev–Trinajstić information content (AvgIpc) is 2.80. The van der Waals surface area contributed by atoms with Crippen LogP contribution in [0.25, 0.3) is 0 Å². The van der Waals surface area contributed by atoms with Crippen molar-refractivity contribution in [3.05, 3.63) is 70.5 Å². The van der Waals surface area contributed by atoms with Crippen LogP contribution in [0.15, 0.2) is 42.5 Å². The predicted molar refractivity (Wildman–Crippen MR) is 111 cm³/mol. The van der Waals surface area contributed by atoms with Crippen LogP contribution in [-0.4, -0.2) is 47.5 Å². The molecule has 13 heteroatoms. The molecule has 0 aromatic heterocycles. The summed E-state index contributed by atoms with van der Waals surface area (Å²) in [5.41, 5.74) is 3.06. The van der Waals surface area contributed by atoms with E-state index in [-0.39, 0.29) is 12.7 Å². The highest BCUT2D eigenvalue weighted by Crippen LogP contribution is 2.38. The molecule has 1 heterocycles. The van der Waals surface area contributed by atoms with Gasteiger partial charge in [0, 0.05) is 0 Å². The number of aliphatic hydroxyl groups excluding tert-OH is 2. The Balaban J connectivity index is 1.87. The lowest BCUT2D eigenvalue weighted by molar-refractivity contribution is -0.298. The van der Waals surface area contributed by atoms with E-state index in [4.69, 9.17) is 19.9 Å². The van der Waals surface area contributed by atoms with Crippen LogP contribution in [0.4, 0.5) is 30.7 Å². The lowest BCUT2D eigenvalue weighted by Crippen LogP contribution is -2.63. The van der Waals surface area contributed by atoms with Crippen LogP contribution in [0.3, 0.4) is 0 Å². The average molecular weight is 527 g/mol. The zero-order valence-electron chi connectivity index (χ0n) is 18.8. The summed E-state index contributed by atoms with van der Waals surface area (Å²) in [5.74, 6) is -0.494. The van der Waals surface area contributed by atoms with Gasteiger partial charge in [-0.25, -0.2) is 4.39 Å². The zero-order valence-corrected chi connectivity index (χ0v) is 18.8. The molecule has 6 nitrogen and oxygen atoms in total. The summed E-state index contributed by atoms with van der Waals surface area (Å²) < 4.78 is 109. The quantitative estimate of drug-likeness (QED) is 0.473. The van der Waals surface area contributed by atoms with Gasteiger partial charge in [-0.05, 0) is 48.4 Å². The zero-order chi connectivity index (χ0) is 26.8. The van der Waals surface area contributed by atoms with E-state index in [0.717, 1.165) is 0 Å². The third-order valence-corrected chi connectivity index (χ3v) is 5.69. The monoisotopic (exact) mass is 527 g/mol. The number of alkyl halides is 6. The Morgan fingerprint density at radius 2 is 1.56 bits per heavy atom. The minimum absolute atomic E-state index is 0.00397. The fraction of sp³-hybridized carbons (Fsp3) is 0.478. The molecule has 200 valence electrons. The van der Waals surface area contributed by atoms with Gasteiger partial charge in [0.2, 0.25) is 0 Å². The van der Waals surface area contributed by atoms with Crippen LogP contribution in [0, 0.1) is 5.82 Å². The Bertz CT molecular complexity index is 983. The van der Waals surface area contributed by atoms with Gasteiger partial charge in [-0.2, -0.15) is 26.3 Å². The molecule has 0 amide bonds. The van der Waals surface area contributed by atoms with E-state index in [2.05, 4.69) is 0 Å². The van der Waals surface area contributed by atoms with Gasteiger partial charge in [-0.1, -0.05) is 12.1 Å². The van der Waals surface area contributed by atoms with Gasteiger partial charge in [-0.3, -0.25) is 0 Å². The van der Waals surface area contributed by atoms with Crippen molar-refractivity contribution in [3.8, 4) is 0 Å². The Morgan fingerprint density at radius 3 is 2.06 bits per heavy atom. The minimum atomic E-state index is -5.05. The van der Waals surface area contributed by atoms with Crippen molar-refractivity contribution in [2.75, 3.05) is 6.61 Å². The highest BCUT2D eigenvalue weighted by atomic mass is 19.4. The van der Waals surface area contributed by atoms with Crippen molar-refractivity contribution in [3.63, 3.8) is 0 Å². The van der Waals surface area contributed by atoms with Crippen LogP contribution in [-0.2, 0) is 33.2 Å². The second-order valence-electron chi connectivity index (χ2n) is 8.31. The van der Waals surface area contributed by atoms with E-state index < -0.39 is 78.2 Å². The minimum Gasteiger partial charge on any atom is -0.394 e. The summed E-state index contributed by atoms with van der Waals surface area (Å²) in [6.07, 6.45) is -16.9. The lowest BCUT2D eigenvalue weighted by Gasteiger charge is -2.43. The molecule has 4 N–H and O–H groups in total. The van der Waals surface area contributed by atoms with Crippen molar-refractivity contribution in [1.82, 2.24) is 0 Å². The molecule has 3 rings (SSSR count). The first-order valence-electron chi connectivity index (χ1n) is 10.7. The van der Waals surface area contributed by atoms with Gasteiger partial charge in [0.05, 0.1) is 36.5 Å². The highest BCUT2D eigenvalue weighted by molar-refractivity contribution is 5.34. The number of hydrogen-bond donors (Lipinski definition) is 3. The van der Waals surface area contributed by atoms with E-state index in [1.165, 1.54) is 31.2 Å². The maximum Gasteiger partial charge on any atom is 0.416 e. The van der Waals surface area contributed by atoms with Crippen LogP contribution < -0.4 is 5.73 Å². The molecule has 1 aliphatic heterocycles. The van der Waals surface area contributed by atoms with Gasteiger partial charge >= 0.3 is 12.4 Å². The first-order valence-corrected chi connectivity index (χ1v) is 10.7. The summed E-state index contributed by atoms with van der Waals surface area (Å²) in [7, 11) is 0. The van der Waals surface area contributed by atoms with E-state index in [1.807, 2.05) is 0 Å². The topological polar surface area (TPSA) is 94.2 Å². The van der Waals surface area contributed by atoms with Crippen LogP contribution in [0.5, 0.6) is 0 Å². The van der Waals surface area contributed by atoms with E-state index in [1.54, 1.807) is 0 Å². The van der Waals surface area contributed by atoms with Crippen molar-refractivity contribution in [2.24, 2.45) is 5.73 Å². The molecule has 1 aliphatic rings. The molecule has 2 aromatic carbocycles. The Morgan fingerprint density at radius 1 is 1.00 bits per heavy atom. The first-order chi connectivity index (χ1) is 16.7. The van der Waals surface area contributed by atoms with E-state index in [9.17, 15) is 40.9 Å². The maximum atomic E-state index is 13.2. The lowest BCUT2D eigenvalue weighted by atomic mass is 9.96. The summed E-state index contributed by atoms with van der Waals surface area (Å²) >= 11 is 0. The van der Waals surface area contributed by atoms with E-state index >= 15 is 0 Å². The van der Waals surface area contributed by atoms with Crippen molar-refractivity contribution in [1.29, 1.82) is 0 Å². The van der Waals surface area contributed by atoms with Gasteiger partial charge in [-0.15, -0.1) is 0 Å². The second kappa shape index (κ2) is 11.0. The Kier molecular flexibility index (Phi) is 8.63. The third kappa shape index (κ3) is 6.72. The van der Waals surface area contributed by atoms with Gasteiger partial charge in [0.25, 0.3) is 0 Å². The largest absolute Gasteiger partial charge is 0.416 e. The molecule has 0 unspecified atom stereocenters. The standard InChI is InChI=1S/C23H24F7NO5/c1-11(13-6-14(22(25,26)27)8-15(7-13)23(28,29)30)35-21-20(18(31)19(33)17(9-32)36-21)34-10-12-2-4-16(24)5-3-12/h2-8,11,17-21,32-33H,9-10,31H2,1H3/t11-,17-,18+,19-,20-,21+/m1/s1. The molecule has 0 aliphatic carbocycles. The number of aliphatic hydroxyl groups is 2. The molecule has 2 aromatic rings. The molecule has 36 heavy (non-hydrogen) atoms. The van der Waals surface area contributed by atoms with Crippen LogP contribution >= 0.6 is 0 Å². The second-order valence-corrected chi connectivity index (χ2v) is 8.31. The molecule has 0 bridgehead atoms. The Labute approximate surface area is 201 Å². The molecule has 0 radical (unpaired) electrons. The molecule has 0 spiro atoms. The third-order valence-electron chi connectivity index (χ3n) is 5.69. The van der Waals surface area contributed by atoms with Crippen LogP contribution in [0.1, 0.15) is 35.3 Å².